The van der Waals surface area contributed by atoms with Crippen molar-refractivity contribution in [1.29, 1.82) is 0 Å². The van der Waals surface area contributed by atoms with Gasteiger partial charge < -0.3 is 4.57 Å². The summed E-state index contributed by atoms with van der Waals surface area (Å²) in [7, 11) is 0. The van der Waals surface area contributed by atoms with Gasteiger partial charge in [0, 0.05) is 17.4 Å². The Labute approximate surface area is 122 Å². The minimum Gasteiger partial charge on any atom is -0.314 e. The molecule has 0 radical (unpaired) electrons. The van der Waals surface area contributed by atoms with Crippen molar-refractivity contribution >= 4 is 0 Å². The predicted octanol–water partition coefficient (Wildman–Crippen LogP) is 5.04. The molecule has 0 aliphatic carbocycles. The number of nitrogens with zero attached hydrogens (tertiary/aromatic N) is 1. The minimum absolute atomic E-state index is 0.618. The Hall–Kier alpha value is -2.42. The van der Waals surface area contributed by atoms with Gasteiger partial charge in [-0.25, -0.2) is 8.78 Å². The smallest absolute Gasteiger partial charge is 0.160 e. The van der Waals surface area contributed by atoms with E-state index in [1.807, 2.05) is 54.8 Å². The lowest BCUT2D eigenvalue weighted by Gasteiger charge is -2.12. The van der Waals surface area contributed by atoms with Crippen LogP contribution in [0.15, 0.2) is 54.6 Å². The van der Waals surface area contributed by atoms with Gasteiger partial charge in [-0.05, 0) is 43.7 Å². The number of benzene rings is 2. The third-order valence-corrected chi connectivity index (χ3v) is 3.58. The van der Waals surface area contributed by atoms with E-state index in [0.717, 1.165) is 23.0 Å². The van der Waals surface area contributed by atoms with Crippen molar-refractivity contribution in [2.75, 3.05) is 0 Å². The van der Waals surface area contributed by atoms with E-state index in [1.165, 1.54) is 11.6 Å². The normalized spacial score (nSPS) is 10.9. The summed E-state index contributed by atoms with van der Waals surface area (Å²) in [6, 6.07) is 16.0. The SMILES string of the molecule is Cc1ccc(-c2ccc(C)n2-c2ccc(F)c(F)c2)cc1. The summed E-state index contributed by atoms with van der Waals surface area (Å²) in [5.41, 5.74) is 4.77. The van der Waals surface area contributed by atoms with Crippen molar-refractivity contribution in [3.63, 3.8) is 0 Å². The second kappa shape index (κ2) is 5.17. The quantitative estimate of drug-likeness (QED) is 0.621. The molecule has 3 rings (SSSR count). The molecule has 0 bridgehead atoms. The topological polar surface area (TPSA) is 4.93 Å². The molecule has 0 spiro atoms. The van der Waals surface area contributed by atoms with Gasteiger partial charge in [0.15, 0.2) is 11.6 Å². The molecular weight excluding hydrogens is 268 g/mol. The lowest BCUT2D eigenvalue weighted by atomic mass is 10.1. The molecule has 0 aliphatic rings. The van der Waals surface area contributed by atoms with Crippen molar-refractivity contribution in [3.05, 3.63) is 77.5 Å². The van der Waals surface area contributed by atoms with Gasteiger partial charge >= 0.3 is 0 Å². The Bertz CT molecular complexity index is 785. The maximum absolute atomic E-state index is 13.5. The van der Waals surface area contributed by atoms with Gasteiger partial charge in [0.25, 0.3) is 0 Å². The Kier molecular flexibility index (Phi) is 3.34. The summed E-state index contributed by atoms with van der Waals surface area (Å²) in [4.78, 5) is 0. The molecule has 3 aromatic rings. The lowest BCUT2D eigenvalue weighted by molar-refractivity contribution is 0.508. The van der Waals surface area contributed by atoms with E-state index in [0.29, 0.717) is 5.69 Å². The maximum atomic E-state index is 13.5. The molecule has 0 unspecified atom stereocenters. The molecule has 2 aromatic carbocycles. The fourth-order valence-corrected chi connectivity index (χ4v) is 2.46. The highest BCUT2D eigenvalue weighted by Crippen LogP contribution is 2.27. The van der Waals surface area contributed by atoms with Crippen LogP contribution in [0, 0.1) is 25.5 Å². The average Bonchev–Trinajstić information content (AvgIpc) is 2.85. The number of hydrogen-bond donors (Lipinski definition) is 0. The molecule has 0 fully saturated rings. The third kappa shape index (κ3) is 2.47. The highest BCUT2D eigenvalue weighted by molar-refractivity contribution is 5.64. The molecule has 1 aromatic heterocycles. The van der Waals surface area contributed by atoms with Crippen molar-refractivity contribution in [2.24, 2.45) is 0 Å². The van der Waals surface area contributed by atoms with E-state index < -0.39 is 11.6 Å². The molecule has 0 aliphatic heterocycles. The molecule has 1 nitrogen and oxygen atoms in total. The van der Waals surface area contributed by atoms with Crippen molar-refractivity contribution in [2.45, 2.75) is 13.8 Å². The lowest BCUT2D eigenvalue weighted by Crippen LogP contribution is -2.00. The van der Waals surface area contributed by atoms with Crippen LogP contribution in [0.25, 0.3) is 16.9 Å². The maximum Gasteiger partial charge on any atom is 0.160 e. The summed E-state index contributed by atoms with van der Waals surface area (Å²) in [6.45, 7) is 3.97. The van der Waals surface area contributed by atoms with E-state index in [-0.39, 0.29) is 0 Å². The highest BCUT2D eigenvalue weighted by Gasteiger charge is 2.11. The molecule has 21 heavy (non-hydrogen) atoms. The van der Waals surface area contributed by atoms with E-state index in [2.05, 4.69) is 0 Å². The molecule has 0 atom stereocenters. The van der Waals surface area contributed by atoms with Crippen LogP contribution < -0.4 is 0 Å². The molecule has 0 N–H and O–H groups in total. The molecule has 0 saturated heterocycles. The Morgan fingerprint density at radius 3 is 2.14 bits per heavy atom. The monoisotopic (exact) mass is 283 g/mol. The van der Waals surface area contributed by atoms with Gasteiger partial charge in [-0.1, -0.05) is 29.8 Å². The summed E-state index contributed by atoms with van der Waals surface area (Å²) in [6.07, 6.45) is 0. The van der Waals surface area contributed by atoms with Crippen LogP contribution >= 0.6 is 0 Å². The first kappa shape index (κ1) is 13.6. The van der Waals surface area contributed by atoms with Crippen LogP contribution in [0.3, 0.4) is 0 Å². The van der Waals surface area contributed by atoms with Gasteiger partial charge in [0.05, 0.1) is 5.69 Å². The average molecular weight is 283 g/mol. The van der Waals surface area contributed by atoms with E-state index in [1.54, 1.807) is 6.07 Å². The van der Waals surface area contributed by atoms with Crippen LogP contribution in [-0.4, -0.2) is 4.57 Å². The van der Waals surface area contributed by atoms with Crippen LogP contribution in [0.1, 0.15) is 11.3 Å². The second-order valence-electron chi connectivity index (χ2n) is 5.16. The van der Waals surface area contributed by atoms with Gasteiger partial charge in [0.1, 0.15) is 0 Å². The van der Waals surface area contributed by atoms with Crippen LogP contribution in [0.5, 0.6) is 0 Å². The zero-order valence-corrected chi connectivity index (χ0v) is 11.9. The highest BCUT2D eigenvalue weighted by atomic mass is 19.2. The van der Waals surface area contributed by atoms with Crippen LogP contribution in [0.4, 0.5) is 8.78 Å². The third-order valence-electron chi connectivity index (χ3n) is 3.58. The molecular formula is C18H15F2N. The van der Waals surface area contributed by atoms with E-state index in [9.17, 15) is 8.78 Å². The summed E-state index contributed by atoms with van der Waals surface area (Å²) in [5, 5.41) is 0. The fraction of sp³-hybridized carbons (Fsp3) is 0.111. The largest absolute Gasteiger partial charge is 0.314 e. The number of rotatable bonds is 2. The second-order valence-corrected chi connectivity index (χ2v) is 5.16. The number of halogens is 2. The first-order chi connectivity index (χ1) is 10.1. The Balaban J connectivity index is 2.16. The van der Waals surface area contributed by atoms with Gasteiger partial charge in [-0.2, -0.15) is 0 Å². The molecule has 106 valence electrons. The predicted molar refractivity (Wildman–Crippen MR) is 80.6 cm³/mol. The van der Waals surface area contributed by atoms with E-state index in [4.69, 9.17) is 0 Å². The molecule has 0 amide bonds. The van der Waals surface area contributed by atoms with Crippen LogP contribution in [0.2, 0.25) is 0 Å². The molecule has 3 heteroatoms. The van der Waals surface area contributed by atoms with Crippen LogP contribution in [-0.2, 0) is 0 Å². The standard InChI is InChI=1S/C18H15F2N/c1-12-3-6-14(7-4-12)18-10-5-13(2)21(18)15-8-9-16(19)17(20)11-15/h3-11H,1-2H3. The fourth-order valence-electron chi connectivity index (χ4n) is 2.46. The van der Waals surface area contributed by atoms with Gasteiger partial charge in [-0.3, -0.25) is 0 Å². The Morgan fingerprint density at radius 1 is 0.762 bits per heavy atom. The van der Waals surface area contributed by atoms with Gasteiger partial charge in [-0.15, -0.1) is 0 Å². The van der Waals surface area contributed by atoms with Crippen molar-refractivity contribution < 1.29 is 8.78 Å². The summed E-state index contributed by atoms with van der Waals surface area (Å²) in [5.74, 6) is -1.67. The number of hydrogen-bond acceptors (Lipinski definition) is 0. The van der Waals surface area contributed by atoms with Crippen molar-refractivity contribution in [1.82, 2.24) is 4.57 Å². The minimum atomic E-state index is -0.838. The molecule has 0 saturated carbocycles. The van der Waals surface area contributed by atoms with Gasteiger partial charge in [0.2, 0.25) is 0 Å². The first-order valence-electron chi connectivity index (χ1n) is 6.77. The molecule has 1 heterocycles. The number of aromatic nitrogens is 1. The first-order valence-corrected chi connectivity index (χ1v) is 6.77. The zero-order valence-electron chi connectivity index (χ0n) is 11.9. The zero-order chi connectivity index (χ0) is 15.0. The van der Waals surface area contributed by atoms with Crippen molar-refractivity contribution in [3.8, 4) is 16.9 Å². The summed E-state index contributed by atoms with van der Waals surface area (Å²) >= 11 is 0. The Morgan fingerprint density at radius 2 is 1.48 bits per heavy atom. The number of aryl methyl sites for hydroxylation is 2. The van der Waals surface area contributed by atoms with E-state index >= 15 is 0 Å². The summed E-state index contributed by atoms with van der Waals surface area (Å²) < 4.78 is 28.5.